The summed E-state index contributed by atoms with van der Waals surface area (Å²) in [4.78, 5) is 14.5. The number of amides is 1. The lowest BCUT2D eigenvalue weighted by atomic mass is 9.80. The molecule has 2 heterocycles. The van der Waals surface area contributed by atoms with Crippen LogP contribution in [-0.2, 0) is 9.53 Å². The van der Waals surface area contributed by atoms with Crippen molar-refractivity contribution in [1.29, 1.82) is 0 Å². The Bertz CT molecular complexity index is 302. The van der Waals surface area contributed by atoms with Crippen LogP contribution in [0.25, 0.3) is 0 Å². The zero-order valence-corrected chi connectivity index (χ0v) is 11.3. The van der Waals surface area contributed by atoms with Gasteiger partial charge in [-0.1, -0.05) is 25.7 Å². The molecule has 3 rings (SSSR count). The SMILES string of the molecule is O=C(C1CCOC1)N1CCC2(CCCCCC2)C1. The molecule has 1 unspecified atom stereocenters. The van der Waals surface area contributed by atoms with Crippen molar-refractivity contribution in [2.45, 2.75) is 51.4 Å². The number of likely N-dealkylation sites (tertiary alicyclic amines) is 1. The standard InChI is InChI=1S/C15H25NO2/c17-14(13-5-10-18-11-13)16-9-8-15(12-16)6-3-1-2-4-7-15/h13H,1-12H2. The first-order valence-corrected chi connectivity index (χ1v) is 7.66. The summed E-state index contributed by atoms with van der Waals surface area (Å²) in [6, 6.07) is 0. The number of carbonyl (C=O) groups is 1. The predicted octanol–water partition coefficient (Wildman–Crippen LogP) is 2.60. The van der Waals surface area contributed by atoms with Crippen LogP contribution < -0.4 is 0 Å². The largest absolute Gasteiger partial charge is 0.381 e. The van der Waals surface area contributed by atoms with Gasteiger partial charge in [-0.3, -0.25) is 4.79 Å². The zero-order valence-electron chi connectivity index (χ0n) is 11.3. The maximum atomic E-state index is 12.4. The normalized spacial score (nSPS) is 31.8. The van der Waals surface area contributed by atoms with Gasteiger partial charge in [0.1, 0.15) is 0 Å². The van der Waals surface area contributed by atoms with Crippen LogP contribution in [0.15, 0.2) is 0 Å². The van der Waals surface area contributed by atoms with E-state index in [1.54, 1.807) is 0 Å². The Morgan fingerprint density at radius 3 is 2.56 bits per heavy atom. The molecule has 2 saturated heterocycles. The van der Waals surface area contributed by atoms with Crippen LogP contribution in [0, 0.1) is 11.3 Å². The van der Waals surface area contributed by atoms with Gasteiger partial charge in [-0.25, -0.2) is 0 Å². The van der Waals surface area contributed by atoms with Crippen molar-refractivity contribution in [3.8, 4) is 0 Å². The summed E-state index contributed by atoms with van der Waals surface area (Å²) in [5.41, 5.74) is 0.478. The molecule has 1 spiro atoms. The lowest BCUT2D eigenvalue weighted by molar-refractivity contribution is -0.134. The number of carbonyl (C=O) groups excluding carboxylic acids is 1. The Hall–Kier alpha value is -0.570. The minimum atomic E-state index is 0.158. The molecule has 0 N–H and O–H groups in total. The molecular formula is C15H25NO2. The highest BCUT2D eigenvalue weighted by Gasteiger charge is 2.41. The summed E-state index contributed by atoms with van der Waals surface area (Å²) >= 11 is 0. The molecule has 0 radical (unpaired) electrons. The highest BCUT2D eigenvalue weighted by molar-refractivity contribution is 5.79. The minimum Gasteiger partial charge on any atom is -0.381 e. The molecule has 2 aliphatic heterocycles. The number of hydrogen-bond acceptors (Lipinski definition) is 2. The second-order valence-electron chi connectivity index (χ2n) is 6.48. The summed E-state index contributed by atoms with van der Waals surface area (Å²) in [6.45, 7) is 3.45. The van der Waals surface area contributed by atoms with Gasteiger partial charge in [0.2, 0.25) is 5.91 Å². The van der Waals surface area contributed by atoms with Gasteiger partial charge in [0.15, 0.2) is 0 Å². The summed E-state index contributed by atoms with van der Waals surface area (Å²) in [5, 5.41) is 0. The number of rotatable bonds is 1. The lowest BCUT2D eigenvalue weighted by Crippen LogP contribution is -2.36. The molecule has 0 aromatic heterocycles. The van der Waals surface area contributed by atoms with Crippen molar-refractivity contribution >= 4 is 5.91 Å². The summed E-state index contributed by atoms with van der Waals surface area (Å²) in [6.07, 6.45) is 10.4. The highest BCUT2D eigenvalue weighted by atomic mass is 16.5. The van der Waals surface area contributed by atoms with E-state index in [-0.39, 0.29) is 5.92 Å². The molecular weight excluding hydrogens is 226 g/mol. The molecule has 1 amide bonds. The van der Waals surface area contributed by atoms with Crippen LogP contribution in [-0.4, -0.2) is 37.1 Å². The maximum Gasteiger partial charge on any atom is 0.228 e. The number of ether oxygens (including phenoxy) is 1. The molecule has 3 aliphatic rings. The second kappa shape index (κ2) is 5.20. The number of hydrogen-bond donors (Lipinski definition) is 0. The van der Waals surface area contributed by atoms with E-state index in [0.29, 0.717) is 17.9 Å². The predicted molar refractivity (Wildman–Crippen MR) is 70.3 cm³/mol. The maximum absolute atomic E-state index is 12.4. The van der Waals surface area contributed by atoms with Crippen molar-refractivity contribution in [3.05, 3.63) is 0 Å². The van der Waals surface area contributed by atoms with E-state index in [2.05, 4.69) is 4.90 Å². The molecule has 102 valence electrons. The van der Waals surface area contributed by atoms with Crippen molar-refractivity contribution in [3.63, 3.8) is 0 Å². The fraction of sp³-hybridized carbons (Fsp3) is 0.933. The zero-order chi connectivity index (χ0) is 12.4. The molecule has 0 aromatic carbocycles. The van der Waals surface area contributed by atoms with E-state index in [1.165, 1.54) is 44.9 Å². The number of nitrogens with zero attached hydrogens (tertiary/aromatic N) is 1. The third-order valence-corrected chi connectivity index (χ3v) is 5.19. The Morgan fingerprint density at radius 1 is 1.11 bits per heavy atom. The third-order valence-electron chi connectivity index (χ3n) is 5.19. The van der Waals surface area contributed by atoms with Crippen molar-refractivity contribution in [1.82, 2.24) is 4.90 Å². The van der Waals surface area contributed by atoms with E-state index >= 15 is 0 Å². The first-order valence-electron chi connectivity index (χ1n) is 7.66. The van der Waals surface area contributed by atoms with Crippen LogP contribution in [0.3, 0.4) is 0 Å². The Kier molecular flexibility index (Phi) is 3.60. The summed E-state index contributed by atoms with van der Waals surface area (Å²) < 4.78 is 5.35. The topological polar surface area (TPSA) is 29.5 Å². The van der Waals surface area contributed by atoms with E-state index in [1.807, 2.05) is 0 Å². The third kappa shape index (κ3) is 2.42. The van der Waals surface area contributed by atoms with Gasteiger partial charge < -0.3 is 9.64 Å². The first kappa shape index (κ1) is 12.5. The molecule has 0 bridgehead atoms. The second-order valence-corrected chi connectivity index (χ2v) is 6.48. The first-order chi connectivity index (χ1) is 8.79. The average Bonchev–Trinajstić information content (AvgIpc) is 2.97. The van der Waals surface area contributed by atoms with Crippen LogP contribution in [0.4, 0.5) is 0 Å². The molecule has 0 aromatic rings. The smallest absolute Gasteiger partial charge is 0.228 e. The van der Waals surface area contributed by atoms with Gasteiger partial charge >= 0.3 is 0 Å². The average molecular weight is 251 g/mol. The van der Waals surface area contributed by atoms with Crippen molar-refractivity contribution < 1.29 is 9.53 Å². The monoisotopic (exact) mass is 251 g/mol. The van der Waals surface area contributed by atoms with Crippen LogP contribution in [0.1, 0.15) is 51.4 Å². The van der Waals surface area contributed by atoms with Crippen molar-refractivity contribution in [2.75, 3.05) is 26.3 Å². The van der Waals surface area contributed by atoms with Gasteiger partial charge in [-0.2, -0.15) is 0 Å². The molecule has 3 heteroatoms. The van der Waals surface area contributed by atoms with Gasteiger partial charge in [-0.05, 0) is 31.1 Å². The van der Waals surface area contributed by atoms with Crippen LogP contribution in [0.2, 0.25) is 0 Å². The Balaban J connectivity index is 1.61. The molecule has 18 heavy (non-hydrogen) atoms. The minimum absolute atomic E-state index is 0.158. The Morgan fingerprint density at radius 2 is 1.89 bits per heavy atom. The Labute approximate surface area is 110 Å². The van der Waals surface area contributed by atoms with Crippen LogP contribution >= 0.6 is 0 Å². The van der Waals surface area contributed by atoms with Gasteiger partial charge in [-0.15, -0.1) is 0 Å². The van der Waals surface area contributed by atoms with E-state index in [0.717, 1.165) is 26.1 Å². The molecule has 3 nitrogen and oxygen atoms in total. The van der Waals surface area contributed by atoms with Gasteiger partial charge in [0, 0.05) is 19.7 Å². The molecule has 3 fully saturated rings. The molecule has 1 atom stereocenters. The van der Waals surface area contributed by atoms with Gasteiger partial charge in [0.05, 0.1) is 12.5 Å². The molecule has 1 aliphatic carbocycles. The molecule has 1 saturated carbocycles. The van der Waals surface area contributed by atoms with E-state index in [4.69, 9.17) is 4.74 Å². The van der Waals surface area contributed by atoms with E-state index in [9.17, 15) is 4.79 Å². The summed E-state index contributed by atoms with van der Waals surface area (Å²) in [5.74, 6) is 0.527. The van der Waals surface area contributed by atoms with Crippen molar-refractivity contribution in [2.24, 2.45) is 11.3 Å². The highest BCUT2D eigenvalue weighted by Crippen LogP contribution is 2.43. The fourth-order valence-electron chi connectivity index (χ4n) is 4.00. The van der Waals surface area contributed by atoms with Gasteiger partial charge in [0.25, 0.3) is 0 Å². The summed E-state index contributed by atoms with van der Waals surface area (Å²) in [7, 11) is 0. The quantitative estimate of drug-likeness (QED) is 0.717. The fourth-order valence-corrected chi connectivity index (χ4v) is 4.00. The van der Waals surface area contributed by atoms with Crippen LogP contribution in [0.5, 0.6) is 0 Å². The lowest BCUT2D eigenvalue weighted by Gasteiger charge is -2.28. The van der Waals surface area contributed by atoms with E-state index < -0.39 is 0 Å².